The van der Waals surface area contributed by atoms with Crippen LogP contribution in [0, 0.1) is 0 Å². The number of hydrogen-bond acceptors (Lipinski definition) is 3. The zero-order chi connectivity index (χ0) is 15.6. The lowest BCUT2D eigenvalue weighted by Crippen LogP contribution is -2.27. The predicted octanol–water partition coefficient (Wildman–Crippen LogP) is 4.52. The lowest BCUT2D eigenvalue weighted by atomic mass is 10.00. The van der Waals surface area contributed by atoms with Crippen molar-refractivity contribution >= 4 is 10.8 Å². The molecule has 1 atom stereocenters. The largest absolute Gasteiger partial charge is 0.508 e. The molecular formula is C20H21NO2. The Morgan fingerprint density at radius 3 is 2.70 bits per heavy atom. The van der Waals surface area contributed by atoms with E-state index in [9.17, 15) is 5.11 Å². The Balaban J connectivity index is 1.73. The normalized spacial score (nSPS) is 16.9. The average Bonchev–Trinajstić information content (AvgIpc) is 3.23. The molecule has 0 aliphatic carbocycles. The van der Waals surface area contributed by atoms with Crippen LogP contribution in [0.25, 0.3) is 10.8 Å². The van der Waals surface area contributed by atoms with Crippen molar-refractivity contribution in [3.8, 4) is 5.75 Å². The van der Waals surface area contributed by atoms with E-state index >= 15 is 0 Å². The summed E-state index contributed by atoms with van der Waals surface area (Å²) in [6, 6.07) is 16.1. The van der Waals surface area contributed by atoms with E-state index in [0.717, 1.165) is 36.2 Å². The maximum atomic E-state index is 9.76. The van der Waals surface area contributed by atoms with E-state index in [4.69, 9.17) is 4.42 Å². The van der Waals surface area contributed by atoms with E-state index in [-0.39, 0.29) is 6.04 Å². The smallest absolute Gasteiger partial charge is 0.129 e. The Labute approximate surface area is 136 Å². The van der Waals surface area contributed by atoms with Gasteiger partial charge in [-0.15, -0.1) is 0 Å². The molecule has 1 unspecified atom stereocenters. The number of nitrogens with zero attached hydrogens (tertiary/aromatic N) is 1. The molecule has 1 aliphatic rings. The van der Waals surface area contributed by atoms with E-state index in [1.165, 1.54) is 18.2 Å². The molecule has 1 N–H and O–H groups in total. The second-order valence-corrected chi connectivity index (χ2v) is 6.32. The molecule has 3 nitrogen and oxygen atoms in total. The van der Waals surface area contributed by atoms with Crippen molar-refractivity contribution in [2.75, 3.05) is 13.1 Å². The third-order valence-corrected chi connectivity index (χ3v) is 4.76. The van der Waals surface area contributed by atoms with Gasteiger partial charge in [0, 0.05) is 10.8 Å². The van der Waals surface area contributed by atoms with Crippen LogP contribution in [-0.4, -0.2) is 23.1 Å². The second-order valence-electron chi connectivity index (χ2n) is 6.32. The van der Waals surface area contributed by atoms with Crippen molar-refractivity contribution in [3.05, 3.63) is 66.1 Å². The lowest BCUT2D eigenvalue weighted by molar-refractivity contribution is 0.215. The molecule has 2 heterocycles. The van der Waals surface area contributed by atoms with E-state index in [2.05, 4.69) is 29.2 Å². The Kier molecular flexibility index (Phi) is 3.80. The van der Waals surface area contributed by atoms with Gasteiger partial charge in [0.1, 0.15) is 11.5 Å². The summed E-state index contributed by atoms with van der Waals surface area (Å²) >= 11 is 0. The fourth-order valence-corrected chi connectivity index (χ4v) is 3.62. The quantitative estimate of drug-likeness (QED) is 0.770. The summed E-state index contributed by atoms with van der Waals surface area (Å²) in [5.74, 6) is 1.37. The van der Waals surface area contributed by atoms with Crippen molar-refractivity contribution in [1.29, 1.82) is 0 Å². The number of likely N-dealkylation sites (tertiary alicyclic amines) is 1. The van der Waals surface area contributed by atoms with Crippen molar-refractivity contribution in [1.82, 2.24) is 4.90 Å². The van der Waals surface area contributed by atoms with Gasteiger partial charge in [-0.1, -0.05) is 36.4 Å². The molecule has 4 rings (SSSR count). The molecule has 1 aliphatic heterocycles. The van der Waals surface area contributed by atoms with Gasteiger partial charge < -0.3 is 9.52 Å². The zero-order valence-electron chi connectivity index (χ0n) is 13.1. The summed E-state index contributed by atoms with van der Waals surface area (Å²) in [4.78, 5) is 2.51. The summed E-state index contributed by atoms with van der Waals surface area (Å²) in [5.41, 5.74) is 1.14. The number of phenols is 1. The minimum atomic E-state index is 0.221. The van der Waals surface area contributed by atoms with E-state index < -0.39 is 0 Å². The minimum absolute atomic E-state index is 0.221. The van der Waals surface area contributed by atoms with Crippen molar-refractivity contribution in [3.63, 3.8) is 0 Å². The second kappa shape index (κ2) is 6.09. The fraction of sp³-hybridized carbons (Fsp3) is 0.300. The molecule has 3 heteroatoms. The summed E-state index contributed by atoms with van der Waals surface area (Å²) < 4.78 is 5.99. The Morgan fingerprint density at radius 1 is 1.04 bits per heavy atom. The van der Waals surface area contributed by atoms with E-state index in [0.29, 0.717) is 5.75 Å². The van der Waals surface area contributed by atoms with E-state index in [1.54, 1.807) is 6.07 Å². The van der Waals surface area contributed by atoms with E-state index in [1.807, 2.05) is 24.5 Å². The van der Waals surface area contributed by atoms with Gasteiger partial charge in [-0.2, -0.15) is 0 Å². The maximum absolute atomic E-state index is 9.76. The Morgan fingerprint density at radius 2 is 1.87 bits per heavy atom. The molecular weight excluding hydrogens is 286 g/mol. The van der Waals surface area contributed by atoms with Crippen LogP contribution in [0.1, 0.15) is 30.2 Å². The number of fused-ring (bicyclic) bond motifs is 1. The van der Waals surface area contributed by atoms with Gasteiger partial charge in [-0.25, -0.2) is 0 Å². The van der Waals surface area contributed by atoms with Crippen molar-refractivity contribution in [2.45, 2.75) is 25.3 Å². The molecule has 1 fully saturated rings. The lowest BCUT2D eigenvalue weighted by Gasteiger charge is -2.26. The molecule has 2 aromatic carbocycles. The number of aromatic hydroxyl groups is 1. The zero-order valence-corrected chi connectivity index (χ0v) is 13.1. The maximum Gasteiger partial charge on any atom is 0.129 e. The first-order chi connectivity index (χ1) is 11.3. The number of furan rings is 1. The van der Waals surface area contributed by atoms with Crippen LogP contribution in [0.2, 0.25) is 0 Å². The van der Waals surface area contributed by atoms with Gasteiger partial charge in [-0.05, 0) is 50.0 Å². The van der Waals surface area contributed by atoms with Gasteiger partial charge in [0.25, 0.3) is 0 Å². The summed E-state index contributed by atoms with van der Waals surface area (Å²) in [6.45, 7) is 2.22. The first-order valence-corrected chi connectivity index (χ1v) is 8.29. The minimum Gasteiger partial charge on any atom is -0.508 e. The molecule has 0 radical (unpaired) electrons. The molecule has 23 heavy (non-hydrogen) atoms. The highest BCUT2D eigenvalue weighted by Crippen LogP contribution is 2.34. The van der Waals surface area contributed by atoms with Crippen LogP contribution in [0.5, 0.6) is 5.75 Å². The van der Waals surface area contributed by atoms with Gasteiger partial charge >= 0.3 is 0 Å². The third-order valence-electron chi connectivity index (χ3n) is 4.76. The topological polar surface area (TPSA) is 36.6 Å². The Hall–Kier alpha value is -2.26. The van der Waals surface area contributed by atoms with Crippen LogP contribution in [0.15, 0.2) is 59.2 Å². The molecule has 0 spiro atoms. The first kappa shape index (κ1) is 14.3. The van der Waals surface area contributed by atoms with Gasteiger partial charge in [0.2, 0.25) is 0 Å². The molecule has 118 valence electrons. The highest BCUT2D eigenvalue weighted by Gasteiger charge is 2.27. The van der Waals surface area contributed by atoms with Gasteiger partial charge in [-0.3, -0.25) is 4.90 Å². The molecule has 1 saturated heterocycles. The number of rotatable bonds is 4. The highest BCUT2D eigenvalue weighted by molar-refractivity contribution is 5.84. The van der Waals surface area contributed by atoms with Gasteiger partial charge in [0.05, 0.1) is 12.3 Å². The van der Waals surface area contributed by atoms with Crippen LogP contribution < -0.4 is 0 Å². The van der Waals surface area contributed by atoms with Crippen molar-refractivity contribution in [2.24, 2.45) is 0 Å². The van der Waals surface area contributed by atoms with Crippen LogP contribution in [0.3, 0.4) is 0 Å². The molecule has 0 amide bonds. The van der Waals surface area contributed by atoms with Crippen LogP contribution in [0.4, 0.5) is 0 Å². The fourth-order valence-electron chi connectivity index (χ4n) is 3.62. The monoisotopic (exact) mass is 307 g/mol. The summed E-state index contributed by atoms with van der Waals surface area (Å²) in [5, 5.41) is 12.1. The molecule has 1 aromatic heterocycles. The summed E-state index contributed by atoms with van der Waals surface area (Å²) in [7, 11) is 0. The predicted molar refractivity (Wildman–Crippen MR) is 91.6 cm³/mol. The number of benzene rings is 2. The third kappa shape index (κ3) is 2.84. The molecule has 3 aromatic rings. The number of phenolic OH excluding ortho intramolecular Hbond substituents is 1. The molecule has 0 bridgehead atoms. The SMILES string of the molecule is Oc1cccc(CC(c2occ3ccccc23)N2CCCC2)c1. The Bertz CT molecular complexity index is 802. The average molecular weight is 307 g/mol. The van der Waals surface area contributed by atoms with Crippen molar-refractivity contribution < 1.29 is 9.52 Å². The number of hydrogen-bond donors (Lipinski definition) is 1. The van der Waals surface area contributed by atoms with Crippen LogP contribution >= 0.6 is 0 Å². The molecule has 0 saturated carbocycles. The van der Waals surface area contributed by atoms with Gasteiger partial charge in [0.15, 0.2) is 0 Å². The highest BCUT2D eigenvalue weighted by atomic mass is 16.3. The standard InChI is InChI=1S/C20H21NO2/c22-17-8-5-6-15(12-17)13-19(21-10-3-4-11-21)20-18-9-2-1-7-16(18)14-23-20/h1-2,5-9,12,14,19,22H,3-4,10-11,13H2. The summed E-state index contributed by atoms with van der Waals surface area (Å²) in [6.07, 6.45) is 5.20. The first-order valence-electron chi connectivity index (χ1n) is 8.29. The van der Waals surface area contributed by atoms with Crippen LogP contribution in [-0.2, 0) is 6.42 Å².